The minimum absolute atomic E-state index is 0.0110. The number of amides is 1. The van der Waals surface area contributed by atoms with Crippen LogP contribution in [-0.2, 0) is 4.79 Å². The molecular weight excluding hydrogens is 268 g/mol. The largest absolute Gasteiger partial charge is 0.473 e. The fourth-order valence-corrected chi connectivity index (χ4v) is 1.58. The summed E-state index contributed by atoms with van der Waals surface area (Å²) in [4.78, 5) is 15.9. The lowest BCUT2D eigenvalue weighted by molar-refractivity contribution is -0.120. The first-order valence-corrected chi connectivity index (χ1v) is 7.32. The highest BCUT2D eigenvalue weighted by Crippen LogP contribution is 2.21. The van der Waals surface area contributed by atoms with Gasteiger partial charge >= 0.3 is 0 Å². The van der Waals surface area contributed by atoms with Gasteiger partial charge in [0.05, 0.1) is 11.8 Å². The molecule has 6 heteroatoms. The number of nitrogens with two attached hydrogens (primary N) is 1. The van der Waals surface area contributed by atoms with E-state index in [2.05, 4.69) is 29.5 Å². The summed E-state index contributed by atoms with van der Waals surface area (Å²) in [5, 5.41) is 5.97. The fourth-order valence-electron chi connectivity index (χ4n) is 1.58. The zero-order valence-electron chi connectivity index (χ0n) is 13.3. The Morgan fingerprint density at radius 2 is 2.05 bits per heavy atom. The van der Waals surface area contributed by atoms with Crippen molar-refractivity contribution < 1.29 is 9.53 Å². The van der Waals surface area contributed by atoms with E-state index in [9.17, 15) is 4.79 Å². The molecule has 4 N–H and O–H groups in total. The maximum Gasteiger partial charge on any atom is 0.239 e. The van der Waals surface area contributed by atoms with E-state index in [1.807, 2.05) is 13.8 Å². The minimum atomic E-state index is 0.0110. The average molecular weight is 294 g/mol. The Morgan fingerprint density at radius 3 is 2.67 bits per heavy atom. The van der Waals surface area contributed by atoms with Crippen molar-refractivity contribution in [3.05, 3.63) is 12.1 Å². The van der Waals surface area contributed by atoms with Crippen LogP contribution in [0.5, 0.6) is 5.88 Å². The molecule has 1 aromatic heterocycles. The van der Waals surface area contributed by atoms with Gasteiger partial charge < -0.3 is 21.1 Å². The van der Waals surface area contributed by atoms with Gasteiger partial charge in [-0.15, -0.1) is 0 Å². The summed E-state index contributed by atoms with van der Waals surface area (Å²) in [6.07, 6.45) is 0.413. The van der Waals surface area contributed by atoms with E-state index in [1.54, 1.807) is 12.1 Å². The van der Waals surface area contributed by atoms with E-state index in [0.717, 1.165) is 0 Å². The molecule has 0 unspecified atom stereocenters. The zero-order chi connectivity index (χ0) is 15.8. The van der Waals surface area contributed by atoms with Gasteiger partial charge in [0.1, 0.15) is 5.82 Å². The Labute approximate surface area is 126 Å². The molecular formula is C15H26N4O2. The number of rotatable bonds is 8. The van der Waals surface area contributed by atoms with E-state index < -0.39 is 0 Å². The maximum absolute atomic E-state index is 11.6. The van der Waals surface area contributed by atoms with E-state index >= 15 is 0 Å². The van der Waals surface area contributed by atoms with Crippen molar-refractivity contribution in [3.63, 3.8) is 0 Å². The molecule has 0 saturated heterocycles. The number of nitrogen functional groups attached to an aromatic ring is 1. The van der Waals surface area contributed by atoms with Gasteiger partial charge in [0.2, 0.25) is 11.8 Å². The Kier molecular flexibility index (Phi) is 6.78. The number of carbonyl (C=O) groups excluding carboxylic acids is 1. The average Bonchev–Trinajstić information content (AvgIpc) is 2.39. The fraction of sp³-hybridized carbons (Fsp3) is 0.600. The van der Waals surface area contributed by atoms with Crippen molar-refractivity contribution in [2.45, 2.75) is 40.2 Å². The van der Waals surface area contributed by atoms with E-state index in [-0.39, 0.29) is 12.0 Å². The van der Waals surface area contributed by atoms with Gasteiger partial charge in [-0.1, -0.05) is 13.8 Å². The normalized spacial score (nSPS) is 10.8. The van der Waals surface area contributed by atoms with Crippen LogP contribution >= 0.6 is 0 Å². The molecule has 0 atom stereocenters. The molecule has 21 heavy (non-hydrogen) atoms. The van der Waals surface area contributed by atoms with Crippen LogP contribution in [0, 0.1) is 5.92 Å². The van der Waals surface area contributed by atoms with Crippen LogP contribution in [0.4, 0.5) is 11.5 Å². The Balaban J connectivity index is 2.43. The summed E-state index contributed by atoms with van der Waals surface area (Å²) in [6.45, 7) is 9.17. The molecule has 0 fully saturated rings. The number of hydrogen-bond acceptors (Lipinski definition) is 5. The molecule has 1 rings (SSSR count). The molecule has 0 bridgehead atoms. The third-order valence-corrected chi connectivity index (χ3v) is 2.60. The summed E-state index contributed by atoms with van der Waals surface area (Å²) < 4.78 is 5.52. The Morgan fingerprint density at radius 1 is 1.33 bits per heavy atom. The van der Waals surface area contributed by atoms with Gasteiger partial charge in [-0.2, -0.15) is 4.98 Å². The summed E-state index contributed by atoms with van der Waals surface area (Å²) in [5.74, 6) is 1.55. The van der Waals surface area contributed by atoms with Crippen LogP contribution in [0.1, 0.15) is 34.1 Å². The lowest BCUT2D eigenvalue weighted by atomic mass is 10.2. The maximum atomic E-state index is 11.6. The first-order valence-electron chi connectivity index (χ1n) is 7.32. The van der Waals surface area contributed by atoms with Gasteiger partial charge in [-0.05, 0) is 31.9 Å². The summed E-state index contributed by atoms with van der Waals surface area (Å²) in [7, 11) is 0. The molecule has 0 aliphatic carbocycles. The van der Waals surface area contributed by atoms with Crippen LogP contribution < -0.4 is 21.1 Å². The number of nitrogens with zero attached hydrogens (tertiary/aromatic N) is 1. The number of hydrogen-bond donors (Lipinski definition) is 3. The van der Waals surface area contributed by atoms with Crippen molar-refractivity contribution in [2.24, 2.45) is 5.92 Å². The number of ether oxygens (including phenoxy) is 1. The second-order valence-electron chi connectivity index (χ2n) is 5.63. The molecule has 6 nitrogen and oxygen atoms in total. The van der Waals surface area contributed by atoms with Crippen LogP contribution in [0.3, 0.4) is 0 Å². The summed E-state index contributed by atoms with van der Waals surface area (Å²) in [5.41, 5.74) is 6.31. The molecule has 0 spiro atoms. The molecule has 0 radical (unpaired) electrons. The lowest BCUT2D eigenvalue weighted by Gasteiger charge is -2.13. The first kappa shape index (κ1) is 17.1. The zero-order valence-corrected chi connectivity index (χ0v) is 13.3. The van der Waals surface area contributed by atoms with E-state index in [1.165, 1.54) is 0 Å². The van der Waals surface area contributed by atoms with Gasteiger partial charge in [0, 0.05) is 19.5 Å². The highest BCUT2D eigenvalue weighted by molar-refractivity contribution is 5.76. The molecule has 1 amide bonds. The number of aromatic nitrogens is 1. The number of anilines is 2. The third kappa shape index (κ3) is 6.83. The Hall–Kier alpha value is -1.98. The number of carbonyl (C=O) groups is 1. The highest BCUT2D eigenvalue weighted by atomic mass is 16.5. The van der Waals surface area contributed by atoms with Gasteiger partial charge in [0.15, 0.2) is 0 Å². The van der Waals surface area contributed by atoms with Crippen LogP contribution in [0.2, 0.25) is 0 Å². The van der Waals surface area contributed by atoms with Crippen molar-refractivity contribution in [3.8, 4) is 5.88 Å². The first-order chi connectivity index (χ1) is 9.88. The van der Waals surface area contributed by atoms with Gasteiger partial charge in [0.25, 0.3) is 0 Å². The van der Waals surface area contributed by atoms with Crippen LogP contribution in [0.25, 0.3) is 0 Å². The highest BCUT2D eigenvalue weighted by Gasteiger charge is 2.07. The lowest BCUT2D eigenvalue weighted by Crippen LogP contribution is -2.28. The van der Waals surface area contributed by atoms with Crippen LogP contribution in [0.15, 0.2) is 12.1 Å². The van der Waals surface area contributed by atoms with Crippen molar-refractivity contribution in [1.29, 1.82) is 0 Å². The molecule has 0 aromatic carbocycles. The predicted molar refractivity (Wildman–Crippen MR) is 85.4 cm³/mol. The van der Waals surface area contributed by atoms with Crippen molar-refractivity contribution in [2.75, 3.05) is 24.1 Å². The molecule has 0 aliphatic rings. The minimum Gasteiger partial charge on any atom is -0.473 e. The van der Waals surface area contributed by atoms with E-state index in [4.69, 9.17) is 10.5 Å². The summed E-state index contributed by atoms with van der Waals surface area (Å²) >= 11 is 0. The quantitative estimate of drug-likeness (QED) is 0.682. The molecule has 1 heterocycles. The van der Waals surface area contributed by atoms with Crippen LogP contribution in [-0.4, -0.2) is 30.1 Å². The Bertz CT molecular complexity index is 461. The standard InChI is InChI=1S/C15H26N4O2/c1-10(2)9-18-14(20)7-8-17-13-6-5-12(16)15(19-13)21-11(3)4/h5-6,10-11H,7-9,16H2,1-4H3,(H,17,19)(H,18,20). The monoisotopic (exact) mass is 294 g/mol. The molecule has 0 saturated carbocycles. The van der Waals surface area contributed by atoms with Crippen molar-refractivity contribution in [1.82, 2.24) is 10.3 Å². The molecule has 0 aliphatic heterocycles. The number of pyridine rings is 1. The molecule has 1 aromatic rings. The smallest absolute Gasteiger partial charge is 0.239 e. The number of nitrogens with one attached hydrogen (secondary N) is 2. The third-order valence-electron chi connectivity index (χ3n) is 2.60. The SMILES string of the molecule is CC(C)CNC(=O)CCNc1ccc(N)c(OC(C)C)n1. The van der Waals surface area contributed by atoms with Crippen molar-refractivity contribution >= 4 is 17.4 Å². The predicted octanol–water partition coefficient (Wildman–Crippen LogP) is 2.03. The molecule has 118 valence electrons. The topological polar surface area (TPSA) is 89.3 Å². The second kappa shape index (κ2) is 8.34. The van der Waals surface area contributed by atoms with E-state index in [0.29, 0.717) is 42.8 Å². The second-order valence-corrected chi connectivity index (χ2v) is 5.63. The van der Waals surface area contributed by atoms with Gasteiger partial charge in [-0.3, -0.25) is 4.79 Å². The van der Waals surface area contributed by atoms with Gasteiger partial charge in [-0.25, -0.2) is 0 Å². The summed E-state index contributed by atoms with van der Waals surface area (Å²) in [6, 6.07) is 3.51.